The third-order valence-electron chi connectivity index (χ3n) is 2.88. The van der Waals surface area contributed by atoms with Crippen LogP contribution in [0.2, 0.25) is 0 Å². The molecule has 0 aromatic heterocycles. The highest BCUT2D eigenvalue weighted by Crippen LogP contribution is 2.16. The van der Waals surface area contributed by atoms with Crippen LogP contribution in [0.1, 0.15) is 19.9 Å². The Kier molecular flexibility index (Phi) is 15.4. The maximum atomic E-state index is 10.7. The highest BCUT2D eigenvalue weighted by atomic mass is 128. The van der Waals surface area contributed by atoms with Gasteiger partial charge in [0.15, 0.2) is 0 Å². The Morgan fingerprint density at radius 3 is 1.74 bits per heavy atom. The Hall–Kier alpha value is -0.240. The lowest BCUT2D eigenvalue weighted by molar-refractivity contribution is -0.143. The van der Waals surface area contributed by atoms with E-state index in [1.165, 1.54) is 12.2 Å². The van der Waals surface area contributed by atoms with E-state index >= 15 is 0 Å². The fourth-order valence-corrected chi connectivity index (χ4v) is 2.04. The highest BCUT2D eigenvalue weighted by Gasteiger charge is 2.29. The lowest BCUT2D eigenvalue weighted by Crippen LogP contribution is -2.41. The largest absolute Gasteiger partial charge is 0.480 e. The summed E-state index contributed by atoms with van der Waals surface area (Å²) >= 11 is 4.24. The van der Waals surface area contributed by atoms with Crippen molar-refractivity contribution in [3.05, 3.63) is 66.2 Å². The number of carbonyl (C=O) groups is 1. The molecule has 0 aliphatic heterocycles. The van der Waals surface area contributed by atoms with Crippen LogP contribution in [-0.4, -0.2) is 17.7 Å². The van der Waals surface area contributed by atoms with Gasteiger partial charge in [-0.2, -0.15) is 0 Å². The molecular formula is C17H24I2NO2P. The molecule has 0 aliphatic carbocycles. The monoisotopic (exact) mass is 559 g/mol. The summed E-state index contributed by atoms with van der Waals surface area (Å²) in [4.78, 5) is 10.7. The Labute approximate surface area is 164 Å². The molecule has 0 saturated heterocycles. The van der Waals surface area contributed by atoms with Gasteiger partial charge >= 0.3 is 5.97 Å². The number of halogens is 2. The number of carboxylic acid groups (broad SMARTS) is 1. The first-order valence-electron chi connectivity index (χ1n) is 6.43. The first-order chi connectivity index (χ1) is 10.5. The van der Waals surface area contributed by atoms with Crippen LogP contribution in [0.5, 0.6) is 0 Å². The van der Waals surface area contributed by atoms with E-state index in [0.717, 1.165) is 8.58 Å². The molecule has 2 rings (SSSR count). The topological polar surface area (TPSA) is 63.3 Å². The zero-order valence-electron chi connectivity index (χ0n) is 12.5. The number of rotatable bonds is 3. The van der Waals surface area contributed by atoms with Gasteiger partial charge in [0, 0.05) is 37.2 Å². The average molecular weight is 559 g/mol. The van der Waals surface area contributed by atoms with Gasteiger partial charge in [0.25, 0.3) is 0 Å². The third-order valence-corrected chi connectivity index (χ3v) is 3.79. The van der Waals surface area contributed by atoms with Gasteiger partial charge in [0.1, 0.15) is 5.54 Å². The molecule has 2 aromatic rings. The van der Waals surface area contributed by atoms with E-state index in [0.29, 0.717) is 5.56 Å². The Bertz CT molecular complexity index is 537. The van der Waals surface area contributed by atoms with E-state index in [4.69, 9.17) is 10.8 Å². The van der Waals surface area contributed by atoms with Crippen LogP contribution in [-0.2, 0) is 10.3 Å². The lowest BCUT2D eigenvalue weighted by Gasteiger charge is -2.18. The number of hydrogen-bond donors (Lipinski definition) is 2. The number of hydrogen-bond acceptors (Lipinski definition) is 2. The van der Waals surface area contributed by atoms with Crippen molar-refractivity contribution >= 4 is 57.1 Å². The highest BCUT2D eigenvalue weighted by molar-refractivity contribution is 15.0. The van der Waals surface area contributed by atoms with Crippen molar-refractivity contribution in [3.63, 3.8) is 0 Å². The molecule has 0 saturated carbocycles. The zero-order chi connectivity index (χ0) is 17.0. The van der Waals surface area contributed by atoms with Crippen LogP contribution < -0.4 is 11.0 Å². The molecule has 128 valence electrons. The molecule has 0 radical (unpaired) electrons. The van der Waals surface area contributed by atoms with Crippen molar-refractivity contribution in [1.29, 1.82) is 0 Å². The van der Waals surface area contributed by atoms with E-state index < -0.39 is 11.5 Å². The van der Waals surface area contributed by atoms with Gasteiger partial charge < -0.3 is 10.8 Å². The summed E-state index contributed by atoms with van der Waals surface area (Å²) in [5, 5.41) is 10.2. The summed E-state index contributed by atoms with van der Waals surface area (Å²) in [6, 6.07) is 19.3. The predicted octanol–water partition coefficient (Wildman–Crippen LogP) is 4.97. The molecule has 3 nitrogen and oxygen atoms in total. The predicted molar refractivity (Wildman–Crippen MR) is 121 cm³/mol. The van der Waals surface area contributed by atoms with Crippen molar-refractivity contribution in [2.75, 3.05) is 6.66 Å². The first kappa shape index (κ1) is 25.0. The molecule has 23 heavy (non-hydrogen) atoms. The summed E-state index contributed by atoms with van der Waals surface area (Å²) in [5.74, 6) is -1.02. The molecule has 0 bridgehead atoms. The van der Waals surface area contributed by atoms with Crippen LogP contribution in [0.3, 0.4) is 0 Å². The summed E-state index contributed by atoms with van der Waals surface area (Å²) in [6.45, 7) is 3.67. The number of nitrogens with two attached hydrogens (primary N) is 1. The molecule has 0 heterocycles. The first-order valence-corrected chi connectivity index (χ1v) is 14.2. The Morgan fingerprint density at radius 1 is 1.04 bits per heavy atom. The summed E-state index contributed by atoms with van der Waals surface area (Å²) < 4.78 is 0. The van der Waals surface area contributed by atoms with Gasteiger partial charge in [-0.1, -0.05) is 76.7 Å². The van der Waals surface area contributed by atoms with Crippen molar-refractivity contribution in [2.24, 2.45) is 5.73 Å². The van der Waals surface area contributed by atoms with Crippen LogP contribution >= 0.6 is 45.8 Å². The fourth-order valence-electron chi connectivity index (χ4n) is 1.51. The van der Waals surface area contributed by atoms with Gasteiger partial charge in [-0.05, 0) is 24.5 Å². The molecule has 0 fully saturated rings. The minimum absolute atomic E-state index is 0. The number of aliphatic carboxylic acids is 1. The van der Waals surface area contributed by atoms with Crippen molar-refractivity contribution < 1.29 is 9.90 Å². The lowest BCUT2D eigenvalue weighted by atomic mass is 9.94. The number of carboxylic acids is 1. The van der Waals surface area contributed by atoms with E-state index in [-0.39, 0.29) is 7.43 Å². The van der Waals surface area contributed by atoms with E-state index in [9.17, 15) is 4.79 Å². The van der Waals surface area contributed by atoms with Crippen molar-refractivity contribution in [1.82, 2.24) is 0 Å². The van der Waals surface area contributed by atoms with Gasteiger partial charge in [-0.15, -0.1) is 0 Å². The van der Waals surface area contributed by atoms with Gasteiger partial charge in [0.05, 0.1) is 0 Å². The Morgan fingerprint density at radius 2 is 1.43 bits per heavy atom. The van der Waals surface area contributed by atoms with Gasteiger partial charge in [0.2, 0.25) is 0 Å². The van der Waals surface area contributed by atoms with Crippen LogP contribution in [0.15, 0.2) is 60.7 Å². The maximum absolute atomic E-state index is 10.7. The molecule has 6 heteroatoms. The standard InChI is InChI=1S/C9H11NO2.C7H9P.CH4.I2/c1-9(10,8(11)12)7-5-3-2-4-6-7;1-8-7-5-3-2-4-6-7;;1-2/h2-6H,10H2,1H3,(H,11,12);2-6,8H,1H3;1H4;. The maximum Gasteiger partial charge on any atom is 0.328 e. The van der Waals surface area contributed by atoms with Crippen LogP contribution in [0.25, 0.3) is 0 Å². The molecule has 0 spiro atoms. The SMILES string of the molecule is C.CC(N)(C(=O)O)c1ccccc1.CPc1ccccc1.II. The second kappa shape index (κ2) is 14.1. The minimum Gasteiger partial charge on any atom is -0.480 e. The van der Waals surface area contributed by atoms with Crippen molar-refractivity contribution in [2.45, 2.75) is 19.9 Å². The number of benzene rings is 2. The summed E-state index contributed by atoms with van der Waals surface area (Å²) in [5.41, 5.74) is 4.90. The summed E-state index contributed by atoms with van der Waals surface area (Å²) in [6.07, 6.45) is 0. The minimum atomic E-state index is -1.29. The molecule has 2 atom stereocenters. The van der Waals surface area contributed by atoms with E-state index in [1.54, 1.807) is 24.3 Å². The zero-order valence-corrected chi connectivity index (χ0v) is 17.8. The average Bonchev–Trinajstić information content (AvgIpc) is 2.58. The van der Waals surface area contributed by atoms with Crippen LogP contribution in [0.4, 0.5) is 0 Å². The smallest absolute Gasteiger partial charge is 0.328 e. The van der Waals surface area contributed by atoms with Crippen molar-refractivity contribution in [3.8, 4) is 0 Å². The molecule has 0 amide bonds. The Balaban J connectivity index is 0. The van der Waals surface area contributed by atoms with Crippen LogP contribution in [0, 0.1) is 0 Å². The fraction of sp³-hybridized carbons (Fsp3) is 0.235. The van der Waals surface area contributed by atoms with E-state index in [1.807, 2.05) is 12.1 Å². The molecule has 3 N–H and O–H groups in total. The molecular weight excluding hydrogens is 535 g/mol. The molecule has 2 aromatic carbocycles. The second-order valence-electron chi connectivity index (χ2n) is 4.49. The molecule has 2 unspecified atom stereocenters. The second-order valence-corrected chi connectivity index (χ2v) is 5.57. The van der Waals surface area contributed by atoms with Gasteiger partial charge in [-0.25, -0.2) is 4.79 Å². The molecule has 0 aliphatic rings. The third kappa shape index (κ3) is 9.59. The van der Waals surface area contributed by atoms with E-state index in [2.05, 4.69) is 68.2 Å². The van der Waals surface area contributed by atoms with Gasteiger partial charge in [-0.3, -0.25) is 0 Å². The normalized spacial score (nSPS) is 11.9. The quantitative estimate of drug-likeness (QED) is 0.413. The summed E-state index contributed by atoms with van der Waals surface area (Å²) in [7, 11) is 0.930.